The minimum Gasteiger partial charge on any atom is -0.358 e. The number of carbonyl (C=O) groups is 1. The summed E-state index contributed by atoms with van der Waals surface area (Å²) < 4.78 is 0. The molecule has 1 saturated carbocycles. The zero-order chi connectivity index (χ0) is 22.9. The van der Waals surface area contributed by atoms with Crippen molar-refractivity contribution >= 4 is 22.6 Å². The fourth-order valence-electron chi connectivity index (χ4n) is 5.88. The number of aromatic nitrogens is 2. The van der Waals surface area contributed by atoms with Crippen molar-refractivity contribution in [2.45, 2.75) is 71.1 Å². The van der Waals surface area contributed by atoms with Crippen LogP contribution >= 0.6 is 0 Å². The Kier molecular flexibility index (Phi) is 6.52. The van der Waals surface area contributed by atoms with E-state index in [1.54, 1.807) is 0 Å². The van der Waals surface area contributed by atoms with Gasteiger partial charge in [0.1, 0.15) is 17.7 Å². The normalized spacial score (nSPS) is 29.8. The van der Waals surface area contributed by atoms with Crippen LogP contribution in [0.15, 0.2) is 24.3 Å². The molecule has 5 rings (SSSR count). The van der Waals surface area contributed by atoms with Gasteiger partial charge in [-0.1, -0.05) is 45.7 Å². The number of hydrogen-bond acceptors (Lipinski definition) is 6. The van der Waals surface area contributed by atoms with E-state index < -0.39 is 0 Å². The molecular weight excluding hydrogens is 412 g/mol. The van der Waals surface area contributed by atoms with Crippen LogP contribution in [0.4, 0.5) is 5.82 Å². The Labute approximate surface area is 197 Å². The van der Waals surface area contributed by atoms with Crippen LogP contribution in [0.3, 0.4) is 0 Å². The second kappa shape index (κ2) is 9.55. The Morgan fingerprint density at radius 3 is 2.70 bits per heavy atom. The summed E-state index contributed by atoms with van der Waals surface area (Å²) in [5.74, 6) is 2.61. The molecule has 4 atom stereocenters. The Hall–Kier alpha value is -2.25. The Balaban J connectivity index is 1.45. The number of anilines is 1. The van der Waals surface area contributed by atoms with Crippen LogP contribution < -0.4 is 10.6 Å². The number of nitrogens with zero attached hydrogens (tertiary/aromatic N) is 4. The van der Waals surface area contributed by atoms with Gasteiger partial charge in [0, 0.05) is 43.6 Å². The molecule has 1 amide bonds. The third-order valence-corrected chi connectivity index (χ3v) is 7.81. The van der Waals surface area contributed by atoms with E-state index in [9.17, 15) is 4.79 Å². The molecule has 2 bridgehead atoms. The highest BCUT2D eigenvalue weighted by atomic mass is 16.2. The molecule has 0 spiro atoms. The lowest BCUT2D eigenvalue weighted by molar-refractivity contribution is -0.123. The van der Waals surface area contributed by atoms with E-state index in [0.29, 0.717) is 19.1 Å². The first kappa shape index (κ1) is 22.5. The standard InChI is InChI=1S/C26H38N6O/c1-17(2)24-26(33)27-14-20-15-31(19-8-6-7-18(3)13-19)11-12-32(20)16-23-28-22-10-5-4-9-21(22)25(29-23)30-24/h4-5,9-10,17-20,24H,6-8,11-16H2,1-3H3,(H,27,33)(H,28,29,30)/t18?,19?,20?,24-/m0/s1. The number of para-hydroxylation sites is 1. The predicted octanol–water partition coefficient (Wildman–Crippen LogP) is 3.26. The predicted molar refractivity (Wildman–Crippen MR) is 132 cm³/mol. The van der Waals surface area contributed by atoms with Gasteiger partial charge in [0.2, 0.25) is 5.91 Å². The molecule has 2 aliphatic heterocycles. The number of fused-ring (bicyclic) bond motifs is 5. The van der Waals surface area contributed by atoms with Crippen molar-refractivity contribution in [2.24, 2.45) is 11.8 Å². The fourth-order valence-corrected chi connectivity index (χ4v) is 5.88. The lowest BCUT2D eigenvalue weighted by atomic mass is 9.85. The summed E-state index contributed by atoms with van der Waals surface area (Å²) in [6.07, 6.45) is 5.31. The van der Waals surface area contributed by atoms with E-state index in [1.807, 2.05) is 24.3 Å². The van der Waals surface area contributed by atoms with Gasteiger partial charge in [-0.15, -0.1) is 0 Å². The third kappa shape index (κ3) is 4.85. The molecule has 1 aromatic carbocycles. The molecule has 0 radical (unpaired) electrons. The maximum absolute atomic E-state index is 13.3. The smallest absolute Gasteiger partial charge is 0.242 e. The van der Waals surface area contributed by atoms with Crippen LogP contribution in [0.5, 0.6) is 0 Å². The van der Waals surface area contributed by atoms with E-state index in [4.69, 9.17) is 9.97 Å². The molecule has 1 aromatic heterocycles. The fraction of sp³-hybridized carbons (Fsp3) is 0.654. The summed E-state index contributed by atoms with van der Waals surface area (Å²) in [7, 11) is 0. The largest absolute Gasteiger partial charge is 0.358 e. The highest BCUT2D eigenvalue weighted by molar-refractivity contribution is 5.92. The number of rotatable bonds is 2. The van der Waals surface area contributed by atoms with Crippen LogP contribution in [0.2, 0.25) is 0 Å². The monoisotopic (exact) mass is 450 g/mol. The molecule has 1 saturated heterocycles. The van der Waals surface area contributed by atoms with Crippen molar-refractivity contribution in [1.29, 1.82) is 0 Å². The highest BCUT2D eigenvalue weighted by Crippen LogP contribution is 2.30. The summed E-state index contributed by atoms with van der Waals surface area (Å²) in [5, 5.41) is 7.71. The van der Waals surface area contributed by atoms with E-state index in [1.165, 1.54) is 25.7 Å². The zero-order valence-corrected chi connectivity index (χ0v) is 20.3. The van der Waals surface area contributed by atoms with Gasteiger partial charge in [-0.3, -0.25) is 14.6 Å². The average Bonchev–Trinajstić information content (AvgIpc) is 2.82. The zero-order valence-electron chi connectivity index (χ0n) is 20.3. The summed E-state index contributed by atoms with van der Waals surface area (Å²) >= 11 is 0. The van der Waals surface area contributed by atoms with E-state index in [0.717, 1.165) is 48.1 Å². The summed E-state index contributed by atoms with van der Waals surface area (Å²) in [4.78, 5) is 28.3. The van der Waals surface area contributed by atoms with Crippen LogP contribution in [0.1, 0.15) is 52.3 Å². The molecule has 178 valence electrons. The molecule has 7 nitrogen and oxygen atoms in total. The molecule has 2 fully saturated rings. The summed E-state index contributed by atoms with van der Waals surface area (Å²) in [6, 6.07) is 8.70. The van der Waals surface area contributed by atoms with Gasteiger partial charge in [-0.05, 0) is 36.8 Å². The van der Waals surface area contributed by atoms with Crippen LogP contribution in [-0.4, -0.2) is 70.0 Å². The number of nitrogens with one attached hydrogen (secondary N) is 2. The van der Waals surface area contributed by atoms with E-state index in [-0.39, 0.29) is 23.9 Å². The van der Waals surface area contributed by atoms with E-state index in [2.05, 4.69) is 41.2 Å². The first-order chi connectivity index (χ1) is 16.0. The maximum atomic E-state index is 13.3. The second-order valence-electron chi connectivity index (χ2n) is 10.7. The number of amides is 1. The summed E-state index contributed by atoms with van der Waals surface area (Å²) in [6.45, 7) is 11.0. The van der Waals surface area contributed by atoms with Crippen LogP contribution in [0.25, 0.3) is 10.9 Å². The highest BCUT2D eigenvalue weighted by Gasteiger charge is 2.34. The molecule has 1 aliphatic carbocycles. The van der Waals surface area contributed by atoms with Crippen molar-refractivity contribution in [2.75, 3.05) is 31.5 Å². The molecule has 33 heavy (non-hydrogen) atoms. The number of hydrogen-bond donors (Lipinski definition) is 2. The van der Waals surface area contributed by atoms with E-state index >= 15 is 0 Å². The number of carbonyl (C=O) groups excluding carboxylic acids is 1. The maximum Gasteiger partial charge on any atom is 0.242 e. The first-order valence-electron chi connectivity index (χ1n) is 12.8. The van der Waals surface area contributed by atoms with Crippen molar-refractivity contribution in [1.82, 2.24) is 25.1 Å². The Bertz CT molecular complexity index is 994. The third-order valence-electron chi connectivity index (χ3n) is 7.81. The number of piperazine rings is 1. The SMILES string of the molecule is CC1CCCC(N2CCN3Cc4nc(c5ccccc5n4)N[C@@H](C(C)C)C(=O)NCC3C2)C1. The Morgan fingerprint density at radius 1 is 1.06 bits per heavy atom. The quantitative estimate of drug-likeness (QED) is 0.732. The topological polar surface area (TPSA) is 73.4 Å². The average molecular weight is 451 g/mol. The lowest BCUT2D eigenvalue weighted by Gasteiger charge is -2.46. The Morgan fingerprint density at radius 2 is 1.88 bits per heavy atom. The molecule has 2 N–H and O–H groups in total. The van der Waals surface area contributed by atoms with Crippen molar-refractivity contribution < 1.29 is 4.79 Å². The lowest BCUT2D eigenvalue weighted by Crippen LogP contribution is -2.59. The van der Waals surface area contributed by atoms with Crippen molar-refractivity contribution in [3.63, 3.8) is 0 Å². The molecular formula is C26H38N6O. The number of benzene rings is 1. The second-order valence-corrected chi connectivity index (χ2v) is 10.7. The minimum absolute atomic E-state index is 0.0551. The van der Waals surface area contributed by atoms with Gasteiger partial charge in [0.15, 0.2) is 0 Å². The summed E-state index contributed by atoms with van der Waals surface area (Å²) in [5.41, 5.74) is 0.929. The minimum atomic E-state index is -0.332. The molecule has 3 heterocycles. The van der Waals surface area contributed by atoms with Gasteiger partial charge in [0.05, 0.1) is 12.1 Å². The van der Waals surface area contributed by atoms with Crippen molar-refractivity contribution in [3.8, 4) is 0 Å². The molecule has 7 heteroatoms. The first-order valence-corrected chi connectivity index (χ1v) is 12.8. The molecule has 3 unspecified atom stereocenters. The van der Waals surface area contributed by atoms with Crippen molar-refractivity contribution in [3.05, 3.63) is 30.1 Å². The van der Waals surface area contributed by atoms with Gasteiger partial charge < -0.3 is 10.6 Å². The van der Waals surface area contributed by atoms with Gasteiger partial charge in [0.25, 0.3) is 0 Å². The van der Waals surface area contributed by atoms with Gasteiger partial charge >= 0.3 is 0 Å². The van der Waals surface area contributed by atoms with Gasteiger partial charge in [-0.2, -0.15) is 0 Å². The van der Waals surface area contributed by atoms with Crippen LogP contribution in [-0.2, 0) is 11.3 Å². The molecule has 2 aromatic rings. The molecule has 3 aliphatic rings. The van der Waals surface area contributed by atoms with Gasteiger partial charge in [-0.25, -0.2) is 9.97 Å². The van der Waals surface area contributed by atoms with Crippen LogP contribution in [0, 0.1) is 11.8 Å².